The third-order valence-electron chi connectivity index (χ3n) is 2.87. The molecule has 4 nitrogen and oxygen atoms in total. The Morgan fingerprint density at radius 1 is 1.16 bits per heavy atom. The number of benzene rings is 1. The second-order valence-corrected chi connectivity index (χ2v) is 4.98. The molecule has 0 atom stereocenters. The number of fused-ring (bicyclic) bond motifs is 1. The van der Waals surface area contributed by atoms with Crippen LogP contribution >= 0.6 is 15.9 Å². The molecule has 19 heavy (non-hydrogen) atoms. The first-order chi connectivity index (χ1) is 9.16. The van der Waals surface area contributed by atoms with Gasteiger partial charge in [0.2, 0.25) is 0 Å². The topological polar surface area (TPSA) is 54.6 Å². The number of rotatable bonds is 2. The number of aromatic carboxylic acids is 1. The van der Waals surface area contributed by atoms with E-state index in [1.807, 2.05) is 30.3 Å². The van der Waals surface area contributed by atoms with Gasteiger partial charge < -0.3 is 5.11 Å². The van der Waals surface area contributed by atoms with E-state index in [1.165, 1.54) is 0 Å². The summed E-state index contributed by atoms with van der Waals surface area (Å²) in [6.07, 6.45) is 1.67. The van der Waals surface area contributed by atoms with Gasteiger partial charge >= 0.3 is 5.97 Å². The quantitative estimate of drug-likeness (QED) is 0.787. The molecule has 3 aromatic rings. The minimum atomic E-state index is -0.970. The monoisotopic (exact) mass is 316 g/mol. The zero-order valence-corrected chi connectivity index (χ0v) is 11.3. The van der Waals surface area contributed by atoms with Crippen molar-refractivity contribution in [1.29, 1.82) is 0 Å². The summed E-state index contributed by atoms with van der Waals surface area (Å²) < 4.78 is 2.61. The number of carbonyl (C=O) groups is 1. The second-order valence-electron chi connectivity index (χ2n) is 4.07. The lowest BCUT2D eigenvalue weighted by atomic mass is 10.2. The van der Waals surface area contributed by atoms with Gasteiger partial charge in [-0.1, -0.05) is 34.1 Å². The molecule has 2 aromatic heterocycles. The Kier molecular flexibility index (Phi) is 2.83. The molecule has 0 radical (unpaired) electrons. The predicted octanol–water partition coefficient (Wildman–Crippen LogP) is 3.46. The minimum Gasteiger partial charge on any atom is -0.477 e. The van der Waals surface area contributed by atoms with Crippen LogP contribution in [0, 0.1) is 0 Å². The molecular weight excluding hydrogens is 308 g/mol. The molecule has 5 heteroatoms. The molecule has 0 saturated carbocycles. The average Bonchev–Trinajstić information content (AvgIpc) is 2.83. The molecule has 0 aliphatic rings. The van der Waals surface area contributed by atoms with Gasteiger partial charge in [-0.25, -0.2) is 9.78 Å². The van der Waals surface area contributed by atoms with E-state index < -0.39 is 5.97 Å². The van der Waals surface area contributed by atoms with Gasteiger partial charge in [0, 0.05) is 10.0 Å². The number of aromatic nitrogens is 2. The SMILES string of the molecule is O=C(O)c1cccc2cnc(-c3ccc(Br)cc3)n12. The third-order valence-corrected chi connectivity index (χ3v) is 3.40. The Morgan fingerprint density at radius 3 is 2.58 bits per heavy atom. The van der Waals surface area contributed by atoms with Gasteiger partial charge in [-0.15, -0.1) is 0 Å². The van der Waals surface area contributed by atoms with Crippen LogP contribution in [0.15, 0.2) is 53.1 Å². The summed E-state index contributed by atoms with van der Waals surface area (Å²) in [7, 11) is 0. The zero-order chi connectivity index (χ0) is 13.4. The molecule has 0 aliphatic carbocycles. The first kappa shape index (κ1) is 11.9. The second kappa shape index (κ2) is 4.51. The zero-order valence-electron chi connectivity index (χ0n) is 9.75. The molecule has 1 aromatic carbocycles. The minimum absolute atomic E-state index is 0.202. The normalized spacial score (nSPS) is 10.8. The van der Waals surface area contributed by atoms with E-state index >= 15 is 0 Å². The smallest absolute Gasteiger partial charge is 0.352 e. The fourth-order valence-corrected chi connectivity index (χ4v) is 2.28. The number of pyridine rings is 1. The number of nitrogens with zero attached hydrogens (tertiary/aromatic N) is 2. The maximum absolute atomic E-state index is 11.3. The lowest BCUT2D eigenvalue weighted by Gasteiger charge is -2.05. The molecule has 0 aliphatic heterocycles. The van der Waals surface area contributed by atoms with Crippen LogP contribution in [0.1, 0.15) is 10.5 Å². The van der Waals surface area contributed by atoms with Gasteiger partial charge in [-0.05, 0) is 24.3 Å². The van der Waals surface area contributed by atoms with E-state index in [2.05, 4.69) is 20.9 Å². The van der Waals surface area contributed by atoms with Crippen LogP contribution in [-0.2, 0) is 0 Å². The molecule has 94 valence electrons. The molecule has 0 amide bonds. The van der Waals surface area contributed by atoms with Crippen molar-refractivity contribution in [2.45, 2.75) is 0 Å². The molecule has 0 bridgehead atoms. The highest BCUT2D eigenvalue weighted by atomic mass is 79.9. The maximum atomic E-state index is 11.3. The van der Waals surface area contributed by atoms with Crippen LogP contribution in [0.3, 0.4) is 0 Å². The number of imidazole rings is 1. The van der Waals surface area contributed by atoms with Crippen LogP contribution in [0.4, 0.5) is 0 Å². The van der Waals surface area contributed by atoms with Gasteiger partial charge in [0.15, 0.2) is 0 Å². The molecule has 2 heterocycles. The highest BCUT2D eigenvalue weighted by Gasteiger charge is 2.13. The number of hydrogen-bond donors (Lipinski definition) is 1. The van der Waals surface area contributed by atoms with E-state index in [0.29, 0.717) is 5.82 Å². The highest BCUT2D eigenvalue weighted by molar-refractivity contribution is 9.10. The fraction of sp³-hybridized carbons (Fsp3) is 0. The van der Waals surface area contributed by atoms with Crippen molar-refractivity contribution in [2.75, 3.05) is 0 Å². The number of halogens is 1. The summed E-state index contributed by atoms with van der Waals surface area (Å²) in [6, 6.07) is 12.7. The molecule has 1 N–H and O–H groups in total. The summed E-state index contributed by atoms with van der Waals surface area (Å²) in [4.78, 5) is 15.6. The van der Waals surface area contributed by atoms with E-state index in [-0.39, 0.29) is 5.69 Å². The Balaban J connectivity index is 2.30. The van der Waals surface area contributed by atoms with Crippen LogP contribution in [0.25, 0.3) is 16.9 Å². The van der Waals surface area contributed by atoms with Crippen molar-refractivity contribution in [2.24, 2.45) is 0 Å². The van der Waals surface area contributed by atoms with Crippen molar-refractivity contribution in [3.8, 4) is 11.4 Å². The highest BCUT2D eigenvalue weighted by Crippen LogP contribution is 2.23. The van der Waals surface area contributed by atoms with Crippen LogP contribution in [-0.4, -0.2) is 20.5 Å². The van der Waals surface area contributed by atoms with Crippen molar-refractivity contribution in [3.05, 3.63) is 58.8 Å². The molecule has 3 rings (SSSR count). The number of hydrogen-bond acceptors (Lipinski definition) is 2. The fourth-order valence-electron chi connectivity index (χ4n) is 2.02. The first-order valence-electron chi connectivity index (χ1n) is 5.62. The van der Waals surface area contributed by atoms with Gasteiger partial charge in [0.25, 0.3) is 0 Å². The van der Waals surface area contributed by atoms with Crippen LogP contribution in [0.2, 0.25) is 0 Å². The lowest BCUT2D eigenvalue weighted by molar-refractivity contribution is 0.0689. The summed E-state index contributed by atoms with van der Waals surface area (Å²) in [5.41, 5.74) is 1.84. The van der Waals surface area contributed by atoms with Gasteiger partial charge in [-0.3, -0.25) is 4.40 Å². The summed E-state index contributed by atoms with van der Waals surface area (Å²) in [5, 5.41) is 9.26. The van der Waals surface area contributed by atoms with Crippen molar-refractivity contribution in [1.82, 2.24) is 9.38 Å². The predicted molar refractivity (Wildman–Crippen MR) is 75.3 cm³/mol. The van der Waals surface area contributed by atoms with Gasteiger partial charge in [0.05, 0.1) is 11.7 Å². The lowest BCUT2D eigenvalue weighted by Crippen LogP contribution is -2.05. The van der Waals surface area contributed by atoms with Crippen molar-refractivity contribution in [3.63, 3.8) is 0 Å². The van der Waals surface area contributed by atoms with E-state index in [1.54, 1.807) is 22.7 Å². The van der Waals surface area contributed by atoms with Crippen molar-refractivity contribution >= 4 is 27.4 Å². The standard InChI is InChI=1S/C14H9BrN2O2/c15-10-6-4-9(5-7-10)13-16-8-11-2-1-3-12(14(18)19)17(11)13/h1-8H,(H,18,19). The Labute approximate surface area is 117 Å². The summed E-state index contributed by atoms with van der Waals surface area (Å²) in [6.45, 7) is 0. The van der Waals surface area contributed by atoms with Gasteiger partial charge in [0.1, 0.15) is 11.5 Å². The molecule has 0 unspecified atom stereocenters. The number of carboxylic acid groups (broad SMARTS) is 1. The van der Waals surface area contributed by atoms with E-state index in [0.717, 1.165) is 15.6 Å². The summed E-state index contributed by atoms with van der Waals surface area (Å²) in [5.74, 6) is -0.345. The summed E-state index contributed by atoms with van der Waals surface area (Å²) >= 11 is 3.37. The average molecular weight is 317 g/mol. The largest absolute Gasteiger partial charge is 0.477 e. The number of carboxylic acids is 1. The molecule has 0 fully saturated rings. The molecular formula is C14H9BrN2O2. The Morgan fingerprint density at radius 2 is 1.89 bits per heavy atom. The Bertz CT molecular complexity index is 763. The molecule has 0 saturated heterocycles. The maximum Gasteiger partial charge on any atom is 0.352 e. The van der Waals surface area contributed by atoms with E-state index in [4.69, 9.17) is 0 Å². The van der Waals surface area contributed by atoms with Gasteiger partial charge in [-0.2, -0.15) is 0 Å². The van der Waals surface area contributed by atoms with Crippen molar-refractivity contribution < 1.29 is 9.90 Å². The van der Waals surface area contributed by atoms with Crippen LogP contribution in [0.5, 0.6) is 0 Å². The first-order valence-corrected chi connectivity index (χ1v) is 6.42. The van der Waals surface area contributed by atoms with Crippen LogP contribution < -0.4 is 0 Å². The third kappa shape index (κ3) is 2.02. The Hall–Kier alpha value is -2.14. The molecule has 0 spiro atoms. The van der Waals surface area contributed by atoms with E-state index in [9.17, 15) is 9.90 Å².